The van der Waals surface area contributed by atoms with Crippen LogP contribution in [-0.2, 0) is 0 Å². The molecular formula is C16H32N2O. The van der Waals surface area contributed by atoms with E-state index in [1.807, 2.05) is 7.05 Å². The summed E-state index contributed by atoms with van der Waals surface area (Å²) >= 11 is 0. The highest BCUT2D eigenvalue weighted by molar-refractivity contribution is 4.98. The Morgan fingerprint density at radius 3 is 2.74 bits per heavy atom. The van der Waals surface area contributed by atoms with Gasteiger partial charge in [-0.15, -0.1) is 0 Å². The van der Waals surface area contributed by atoms with Gasteiger partial charge in [0.1, 0.15) is 0 Å². The summed E-state index contributed by atoms with van der Waals surface area (Å²) in [7, 11) is 2.02. The lowest BCUT2D eigenvalue weighted by atomic mass is 9.85. The van der Waals surface area contributed by atoms with Crippen LogP contribution in [0.15, 0.2) is 0 Å². The summed E-state index contributed by atoms with van der Waals surface area (Å²) in [6.45, 7) is 7.49. The van der Waals surface area contributed by atoms with E-state index in [1.54, 1.807) is 0 Å². The first kappa shape index (κ1) is 15.3. The second-order valence-corrected chi connectivity index (χ2v) is 6.93. The lowest BCUT2D eigenvalue weighted by Gasteiger charge is -2.36. The average molecular weight is 268 g/mol. The third-order valence-electron chi connectivity index (χ3n) is 5.69. The summed E-state index contributed by atoms with van der Waals surface area (Å²) in [5.74, 6) is 1.42. The molecule has 1 aliphatic heterocycles. The van der Waals surface area contributed by atoms with E-state index in [1.165, 1.54) is 45.2 Å². The van der Waals surface area contributed by atoms with Crippen molar-refractivity contribution in [2.45, 2.75) is 64.0 Å². The number of aliphatic hydroxyl groups is 1. The molecule has 3 heteroatoms. The molecule has 0 amide bonds. The quantitative estimate of drug-likeness (QED) is 0.775. The maximum absolute atomic E-state index is 9.74. The van der Waals surface area contributed by atoms with Crippen molar-refractivity contribution in [3.63, 3.8) is 0 Å². The second kappa shape index (κ2) is 6.55. The van der Waals surface area contributed by atoms with Gasteiger partial charge in [-0.05, 0) is 64.1 Å². The van der Waals surface area contributed by atoms with Crippen molar-refractivity contribution in [2.24, 2.45) is 11.8 Å². The van der Waals surface area contributed by atoms with Crippen molar-refractivity contribution in [3.05, 3.63) is 0 Å². The van der Waals surface area contributed by atoms with Crippen LogP contribution < -0.4 is 5.32 Å². The smallest absolute Gasteiger partial charge is 0.0615 e. The topological polar surface area (TPSA) is 35.5 Å². The van der Waals surface area contributed by atoms with Crippen LogP contribution in [0, 0.1) is 11.8 Å². The highest BCUT2D eigenvalue weighted by Gasteiger charge is 2.41. The molecule has 3 nitrogen and oxygen atoms in total. The minimum absolute atomic E-state index is 0.00700. The summed E-state index contributed by atoms with van der Waals surface area (Å²) in [4.78, 5) is 2.70. The molecule has 1 aliphatic carbocycles. The number of nitrogens with zero attached hydrogens (tertiary/aromatic N) is 1. The molecule has 19 heavy (non-hydrogen) atoms. The predicted octanol–water partition coefficient (Wildman–Crippen LogP) is 2.25. The fourth-order valence-corrected chi connectivity index (χ4v) is 4.39. The molecule has 1 heterocycles. The van der Waals surface area contributed by atoms with Crippen LogP contribution >= 0.6 is 0 Å². The standard InChI is InChI=1S/C16H32N2O/c1-13(2)15-7-5-10-18(15)11-8-14-6-4-9-16(14,12-19)17-3/h13-15,17,19H,4-12H2,1-3H3. The summed E-state index contributed by atoms with van der Waals surface area (Å²) in [5, 5.41) is 13.2. The Kier molecular flexibility index (Phi) is 5.27. The Balaban J connectivity index is 1.88. The van der Waals surface area contributed by atoms with E-state index in [9.17, 15) is 5.11 Å². The second-order valence-electron chi connectivity index (χ2n) is 6.93. The molecule has 0 radical (unpaired) electrons. The maximum atomic E-state index is 9.74. The average Bonchev–Trinajstić information content (AvgIpc) is 3.03. The maximum Gasteiger partial charge on any atom is 0.0615 e. The van der Waals surface area contributed by atoms with Crippen molar-refractivity contribution in [3.8, 4) is 0 Å². The first-order valence-corrected chi connectivity index (χ1v) is 8.17. The third-order valence-corrected chi connectivity index (χ3v) is 5.69. The van der Waals surface area contributed by atoms with E-state index in [-0.39, 0.29) is 5.54 Å². The van der Waals surface area contributed by atoms with E-state index < -0.39 is 0 Å². The van der Waals surface area contributed by atoms with Gasteiger partial charge in [-0.2, -0.15) is 0 Å². The molecule has 1 saturated carbocycles. The van der Waals surface area contributed by atoms with E-state index in [2.05, 4.69) is 24.1 Å². The van der Waals surface area contributed by atoms with E-state index in [0.717, 1.165) is 18.4 Å². The van der Waals surface area contributed by atoms with Gasteiger partial charge in [-0.25, -0.2) is 0 Å². The normalized spacial score (nSPS) is 36.5. The van der Waals surface area contributed by atoms with Crippen LogP contribution in [0.25, 0.3) is 0 Å². The van der Waals surface area contributed by atoms with Crippen molar-refractivity contribution in [1.29, 1.82) is 0 Å². The molecule has 112 valence electrons. The number of likely N-dealkylation sites (N-methyl/N-ethyl adjacent to an activating group) is 1. The SMILES string of the molecule is CNC1(CO)CCCC1CCN1CCCC1C(C)C. The van der Waals surface area contributed by atoms with Gasteiger partial charge >= 0.3 is 0 Å². The highest BCUT2D eigenvalue weighted by atomic mass is 16.3. The number of likely N-dealkylation sites (tertiary alicyclic amines) is 1. The lowest BCUT2D eigenvalue weighted by Crippen LogP contribution is -2.50. The predicted molar refractivity (Wildman–Crippen MR) is 80.3 cm³/mol. The van der Waals surface area contributed by atoms with Gasteiger partial charge in [-0.1, -0.05) is 20.3 Å². The highest BCUT2D eigenvalue weighted by Crippen LogP contribution is 2.38. The minimum Gasteiger partial charge on any atom is -0.394 e. The molecule has 0 aromatic carbocycles. The van der Waals surface area contributed by atoms with E-state index >= 15 is 0 Å². The van der Waals surface area contributed by atoms with Crippen LogP contribution in [-0.4, -0.2) is 48.3 Å². The number of hydrogen-bond acceptors (Lipinski definition) is 3. The Morgan fingerprint density at radius 2 is 2.11 bits per heavy atom. The molecule has 0 spiro atoms. The van der Waals surface area contributed by atoms with Gasteiger partial charge in [0.15, 0.2) is 0 Å². The first-order valence-electron chi connectivity index (χ1n) is 8.17. The summed E-state index contributed by atoms with van der Waals surface area (Å²) in [6, 6.07) is 0.791. The number of nitrogens with one attached hydrogen (secondary N) is 1. The minimum atomic E-state index is 0.00700. The fourth-order valence-electron chi connectivity index (χ4n) is 4.39. The molecule has 3 atom stereocenters. The Labute approximate surface area is 118 Å². The van der Waals surface area contributed by atoms with Crippen molar-refractivity contribution in [2.75, 3.05) is 26.7 Å². The van der Waals surface area contributed by atoms with Crippen LogP contribution in [0.5, 0.6) is 0 Å². The number of aliphatic hydroxyl groups excluding tert-OH is 1. The first-order chi connectivity index (χ1) is 9.13. The Hall–Kier alpha value is -0.120. The lowest BCUT2D eigenvalue weighted by molar-refractivity contribution is 0.112. The molecule has 2 rings (SSSR count). The van der Waals surface area contributed by atoms with Gasteiger partial charge in [0.25, 0.3) is 0 Å². The van der Waals surface area contributed by atoms with Crippen LogP contribution in [0.4, 0.5) is 0 Å². The number of hydrogen-bond donors (Lipinski definition) is 2. The molecule has 2 N–H and O–H groups in total. The van der Waals surface area contributed by atoms with Gasteiger partial charge in [-0.3, -0.25) is 0 Å². The molecule has 1 saturated heterocycles. The molecule has 2 fully saturated rings. The molecule has 0 bridgehead atoms. The van der Waals surface area contributed by atoms with Gasteiger partial charge < -0.3 is 15.3 Å². The van der Waals surface area contributed by atoms with E-state index in [0.29, 0.717) is 12.5 Å². The zero-order valence-electron chi connectivity index (χ0n) is 13.0. The van der Waals surface area contributed by atoms with Gasteiger partial charge in [0, 0.05) is 11.6 Å². The summed E-state index contributed by atoms with van der Waals surface area (Å²) < 4.78 is 0. The van der Waals surface area contributed by atoms with Gasteiger partial charge in [0.2, 0.25) is 0 Å². The Morgan fingerprint density at radius 1 is 1.32 bits per heavy atom. The molecule has 0 aromatic rings. The Bertz CT molecular complexity index is 276. The van der Waals surface area contributed by atoms with Crippen LogP contribution in [0.1, 0.15) is 52.4 Å². The molecule has 3 unspecified atom stereocenters. The zero-order valence-corrected chi connectivity index (χ0v) is 13.0. The molecule has 2 aliphatic rings. The van der Waals surface area contributed by atoms with E-state index in [4.69, 9.17) is 0 Å². The zero-order chi connectivity index (χ0) is 13.9. The fraction of sp³-hybridized carbons (Fsp3) is 1.00. The summed E-state index contributed by atoms with van der Waals surface area (Å²) in [5.41, 5.74) is 0.00700. The van der Waals surface area contributed by atoms with Crippen molar-refractivity contribution >= 4 is 0 Å². The number of rotatable bonds is 6. The third kappa shape index (κ3) is 3.14. The summed E-state index contributed by atoms with van der Waals surface area (Å²) in [6.07, 6.45) is 7.66. The molecular weight excluding hydrogens is 236 g/mol. The largest absolute Gasteiger partial charge is 0.394 e. The van der Waals surface area contributed by atoms with Gasteiger partial charge in [0.05, 0.1) is 6.61 Å². The van der Waals surface area contributed by atoms with Crippen molar-refractivity contribution in [1.82, 2.24) is 10.2 Å². The van der Waals surface area contributed by atoms with Crippen LogP contribution in [0.3, 0.4) is 0 Å². The van der Waals surface area contributed by atoms with Crippen LogP contribution in [0.2, 0.25) is 0 Å². The van der Waals surface area contributed by atoms with Crippen molar-refractivity contribution < 1.29 is 5.11 Å². The monoisotopic (exact) mass is 268 g/mol. The molecule has 0 aromatic heterocycles.